The zero-order valence-electron chi connectivity index (χ0n) is 15.4. The van der Waals surface area contributed by atoms with Crippen molar-refractivity contribution < 1.29 is 14.3 Å². The van der Waals surface area contributed by atoms with Crippen LogP contribution >= 0.6 is 11.3 Å². The molecule has 1 atom stereocenters. The Balaban J connectivity index is 1.78. The Morgan fingerprint density at radius 3 is 2.64 bits per heavy atom. The topological polar surface area (TPSA) is 71.3 Å². The number of pyridine rings is 1. The third-order valence-corrected chi connectivity index (χ3v) is 5.41. The minimum atomic E-state index is -0.483. The van der Waals surface area contributed by atoms with E-state index in [2.05, 4.69) is 5.32 Å². The van der Waals surface area contributed by atoms with Crippen molar-refractivity contribution >= 4 is 17.2 Å². The number of nitrogens with one attached hydrogen (secondary N) is 1. The van der Waals surface area contributed by atoms with Gasteiger partial charge in [0.2, 0.25) is 0 Å². The second kappa shape index (κ2) is 8.95. The van der Waals surface area contributed by atoms with Crippen molar-refractivity contribution in [2.24, 2.45) is 5.92 Å². The molecule has 0 aliphatic rings. The first-order valence-corrected chi connectivity index (χ1v) is 9.77. The van der Waals surface area contributed by atoms with Gasteiger partial charge < -0.3 is 10.4 Å². The standard InChI is InChI=1S/C21H21FN2O3S/c1-14-8-9-24(17-6-4-16(22)5-7-17)21(27)19(14)20(26)23-12-15(13-25)11-18-3-2-10-28-18/h2-10,15,25H,11-13H2,1H3,(H,23,26). The number of nitrogens with zero attached hydrogens (tertiary/aromatic N) is 1. The maximum absolute atomic E-state index is 13.1. The third-order valence-electron chi connectivity index (χ3n) is 4.51. The summed E-state index contributed by atoms with van der Waals surface area (Å²) in [5.74, 6) is -1.02. The van der Waals surface area contributed by atoms with Crippen LogP contribution in [0.3, 0.4) is 0 Å². The maximum atomic E-state index is 13.1. The normalized spacial score (nSPS) is 12.0. The van der Waals surface area contributed by atoms with Crippen LogP contribution in [-0.4, -0.2) is 28.7 Å². The molecular weight excluding hydrogens is 379 g/mol. The lowest BCUT2D eigenvalue weighted by atomic mass is 10.0. The van der Waals surface area contributed by atoms with Crippen LogP contribution < -0.4 is 10.9 Å². The molecule has 2 heterocycles. The summed E-state index contributed by atoms with van der Waals surface area (Å²) in [6.45, 7) is 1.89. The van der Waals surface area contributed by atoms with Gasteiger partial charge in [0.25, 0.3) is 11.5 Å². The van der Waals surface area contributed by atoms with Crippen LogP contribution in [0.2, 0.25) is 0 Å². The van der Waals surface area contributed by atoms with E-state index in [4.69, 9.17) is 0 Å². The van der Waals surface area contributed by atoms with E-state index in [-0.39, 0.29) is 24.6 Å². The third kappa shape index (κ3) is 4.55. The highest BCUT2D eigenvalue weighted by atomic mass is 32.1. The van der Waals surface area contributed by atoms with Gasteiger partial charge in [-0.1, -0.05) is 6.07 Å². The highest BCUT2D eigenvalue weighted by molar-refractivity contribution is 7.09. The lowest BCUT2D eigenvalue weighted by Gasteiger charge is -2.15. The van der Waals surface area contributed by atoms with Crippen LogP contribution in [0, 0.1) is 18.7 Å². The number of rotatable bonds is 7. The van der Waals surface area contributed by atoms with E-state index >= 15 is 0 Å². The Morgan fingerprint density at radius 2 is 2.00 bits per heavy atom. The quantitative estimate of drug-likeness (QED) is 0.641. The molecule has 28 heavy (non-hydrogen) atoms. The van der Waals surface area contributed by atoms with E-state index in [9.17, 15) is 19.1 Å². The number of amides is 1. The maximum Gasteiger partial charge on any atom is 0.268 e. The first-order chi connectivity index (χ1) is 13.5. The number of thiophene rings is 1. The predicted molar refractivity (Wildman–Crippen MR) is 108 cm³/mol. The van der Waals surface area contributed by atoms with Crippen molar-refractivity contribution in [3.05, 3.63) is 86.2 Å². The summed E-state index contributed by atoms with van der Waals surface area (Å²) in [6, 6.07) is 11.1. The molecule has 2 aromatic heterocycles. The molecule has 0 fully saturated rings. The molecule has 0 aliphatic carbocycles. The highest BCUT2D eigenvalue weighted by Crippen LogP contribution is 2.14. The average molecular weight is 400 g/mol. The Hall–Kier alpha value is -2.77. The van der Waals surface area contributed by atoms with Crippen molar-refractivity contribution in [3.8, 4) is 5.69 Å². The van der Waals surface area contributed by atoms with Gasteiger partial charge in [0.1, 0.15) is 11.4 Å². The average Bonchev–Trinajstić information content (AvgIpc) is 3.19. The fraction of sp³-hybridized carbons (Fsp3) is 0.238. The van der Waals surface area contributed by atoms with Crippen LogP contribution in [0.15, 0.2) is 58.8 Å². The summed E-state index contributed by atoms with van der Waals surface area (Å²) < 4.78 is 14.5. The molecule has 0 saturated carbocycles. The Morgan fingerprint density at radius 1 is 1.25 bits per heavy atom. The monoisotopic (exact) mass is 400 g/mol. The smallest absolute Gasteiger partial charge is 0.268 e. The predicted octanol–water partition coefficient (Wildman–Crippen LogP) is 2.93. The van der Waals surface area contributed by atoms with Crippen molar-refractivity contribution in [3.63, 3.8) is 0 Å². The number of benzene rings is 1. The van der Waals surface area contributed by atoms with Crippen LogP contribution in [0.5, 0.6) is 0 Å². The van der Waals surface area contributed by atoms with Gasteiger partial charge in [0.15, 0.2) is 0 Å². The molecule has 1 amide bonds. The van der Waals surface area contributed by atoms with Gasteiger partial charge in [0, 0.05) is 35.8 Å². The van der Waals surface area contributed by atoms with E-state index in [0.29, 0.717) is 17.7 Å². The van der Waals surface area contributed by atoms with E-state index < -0.39 is 17.3 Å². The summed E-state index contributed by atoms with van der Waals surface area (Å²) in [7, 11) is 0. The molecule has 146 valence electrons. The van der Waals surface area contributed by atoms with Gasteiger partial charge in [0.05, 0.1) is 0 Å². The number of aliphatic hydroxyl groups is 1. The minimum Gasteiger partial charge on any atom is -0.396 e. The van der Waals surface area contributed by atoms with Crippen LogP contribution in [-0.2, 0) is 6.42 Å². The molecule has 1 unspecified atom stereocenters. The Bertz CT molecular complexity index is 997. The number of hydrogen-bond acceptors (Lipinski definition) is 4. The van der Waals surface area contributed by atoms with Gasteiger partial charge in [-0.05, 0) is 60.7 Å². The summed E-state index contributed by atoms with van der Waals surface area (Å²) in [4.78, 5) is 26.7. The van der Waals surface area contributed by atoms with Crippen LogP contribution in [0.4, 0.5) is 4.39 Å². The highest BCUT2D eigenvalue weighted by Gasteiger charge is 2.18. The van der Waals surface area contributed by atoms with Gasteiger partial charge >= 0.3 is 0 Å². The zero-order valence-corrected chi connectivity index (χ0v) is 16.2. The number of aromatic nitrogens is 1. The Labute approximate surface area is 166 Å². The molecule has 3 rings (SSSR count). The summed E-state index contributed by atoms with van der Waals surface area (Å²) in [5, 5.41) is 14.3. The fourth-order valence-electron chi connectivity index (χ4n) is 2.95. The number of hydrogen-bond donors (Lipinski definition) is 2. The molecule has 0 spiro atoms. The largest absolute Gasteiger partial charge is 0.396 e. The van der Waals surface area contributed by atoms with E-state index in [1.807, 2.05) is 17.5 Å². The molecule has 0 bridgehead atoms. The molecule has 0 radical (unpaired) electrons. The molecule has 0 aliphatic heterocycles. The fourth-order valence-corrected chi connectivity index (χ4v) is 3.77. The van der Waals surface area contributed by atoms with E-state index in [1.165, 1.54) is 28.8 Å². The molecule has 5 nitrogen and oxygen atoms in total. The van der Waals surface area contributed by atoms with Crippen LogP contribution in [0.25, 0.3) is 5.69 Å². The minimum absolute atomic E-state index is 0.0413. The molecular formula is C21H21FN2O3S. The molecule has 0 saturated heterocycles. The molecule has 2 N–H and O–H groups in total. The molecule has 3 aromatic rings. The van der Waals surface area contributed by atoms with E-state index in [1.54, 1.807) is 30.5 Å². The SMILES string of the molecule is Cc1ccn(-c2ccc(F)cc2)c(=O)c1C(=O)NCC(CO)Cc1cccs1. The number of carbonyl (C=O) groups is 1. The lowest BCUT2D eigenvalue weighted by Crippen LogP contribution is -2.37. The van der Waals surface area contributed by atoms with Crippen molar-refractivity contribution in [1.82, 2.24) is 9.88 Å². The molecule has 7 heteroatoms. The van der Waals surface area contributed by atoms with Gasteiger partial charge in [-0.25, -0.2) is 4.39 Å². The van der Waals surface area contributed by atoms with Crippen molar-refractivity contribution in [2.75, 3.05) is 13.2 Å². The van der Waals surface area contributed by atoms with Crippen molar-refractivity contribution in [1.29, 1.82) is 0 Å². The number of carbonyl (C=O) groups excluding carboxylic acids is 1. The number of aryl methyl sites for hydroxylation is 1. The second-order valence-corrected chi connectivity index (χ2v) is 7.60. The lowest BCUT2D eigenvalue weighted by molar-refractivity contribution is 0.0937. The first-order valence-electron chi connectivity index (χ1n) is 8.89. The molecule has 1 aromatic carbocycles. The van der Waals surface area contributed by atoms with Gasteiger partial charge in [-0.15, -0.1) is 11.3 Å². The summed E-state index contributed by atoms with van der Waals surface area (Å²) >= 11 is 1.60. The van der Waals surface area contributed by atoms with Gasteiger partial charge in [-0.2, -0.15) is 0 Å². The Kier molecular flexibility index (Phi) is 6.38. The number of aliphatic hydroxyl groups excluding tert-OH is 1. The first kappa shape index (κ1) is 20.0. The van der Waals surface area contributed by atoms with Crippen LogP contribution in [0.1, 0.15) is 20.8 Å². The second-order valence-electron chi connectivity index (χ2n) is 6.57. The van der Waals surface area contributed by atoms with E-state index in [0.717, 1.165) is 4.88 Å². The zero-order chi connectivity index (χ0) is 20.1. The summed E-state index contributed by atoms with van der Waals surface area (Å²) in [5.41, 5.74) is 0.605. The van der Waals surface area contributed by atoms with Gasteiger partial charge in [-0.3, -0.25) is 14.2 Å². The summed E-state index contributed by atoms with van der Waals surface area (Å²) in [6.07, 6.45) is 2.22. The van der Waals surface area contributed by atoms with Crippen molar-refractivity contribution in [2.45, 2.75) is 13.3 Å². The number of halogens is 1.